The highest BCUT2D eigenvalue weighted by molar-refractivity contribution is 6.14. The second kappa shape index (κ2) is 7.47. The molecule has 1 amide bonds. The van der Waals surface area contributed by atoms with Gasteiger partial charge in [-0.25, -0.2) is 0 Å². The normalized spacial score (nSPS) is 12.4. The highest BCUT2D eigenvalue weighted by Gasteiger charge is 2.26. The van der Waals surface area contributed by atoms with E-state index in [1.165, 1.54) is 5.39 Å². The van der Waals surface area contributed by atoms with Gasteiger partial charge in [-0.2, -0.15) is 0 Å². The average molecular weight is 367 g/mol. The number of rotatable bonds is 4. The molecule has 4 rings (SSSR count). The van der Waals surface area contributed by atoms with Crippen molar-refractivity contribution in [1.29, 1.82) is 0 Å². The molecule has 0 radical (unpaired) electrons. The van der Waals surface area contributed by atoms with Gasteiger partial charge in [-0.15, -0.1) is 0 Å². The molecule has 0 saturated heterocycles. The molecule has 0 aliphatic carbocycles. The first kappa shape index (κ1) is 18.2. The molecule has 140 valence electrons. The van der Waals surface area contributed by atoms with Gasteiger partial charge in [0.2, 0.25) is 0 Å². The number of carbonyl (C=O) groups excluding carboxylic acids is 1. The number of fused-ring (bicyclic) bond motifs is 2. The van der Waals surface area contributed by atoms with E-state index in [1.54, 1.807) is 0 Å². The van der Waals surface area contributed by atoms with Crippen LogP contribution in [0.5, 0.6) is 0 Å². The van der Waals surface area contributed by atoms with Gasteiger partial charge in [0, 0.05) is 17.3 Å². The quantitative estimate of drug-likeness (QED) is 0.394. The molecule has 1 unspecified atom stereocenters. The summed E-state index contributed by atoms with van der Waals surface area (Å²) >= 11 is 0. The molecule has 4 aromatic rings. The van der Waals surface area contributed by atoms with Gasteiger partial charge in [0.15, 0.2) is 0 Å². The van der Waals surface area contributed by atoms with Crippen molar-refractivity contribution in [2.45, 2.75) is 26.8 Å². The summed E-state index contributed by atoms with van der Waals surface area (Å²) < 4.78 is 0. The minimum Gasteiger partial charge on any atom is -0.305 e. The zero-order valence-electron chi connectivity index (χ0n) is 16.6. The third-order valence-corrected chi connectivity index (χ3v) is 5.62. The van der Waals surface area contributed by atoms with Gasteiger partial charge in [-0.1, -0.05) is 80.6 Å². The van der Waals surface area contributed by atoms with Gasteiger partial charge in [0.05, 0.1) is 0 Å². The molecule has 1 atom stereocenters. The molecule has 0 heterocycles. The van der Waals surface area contributed by atoms with Crippen LogP contribution in [0.3, 0.4) is 0 Å². The second-order valence-electron chi connectivity index (χ2n) is 7.72. The Kier molecular flexibility index (Phi) is 4.87. The Bertz CT molecular complexity index is 1140. The summed E-state index contributed by atoms with van der Waals surface area (Å²) in [6.07, 6.45) is 0. The fraction of sp³-hybridized carbons (Fsp3) is 0.192. The standard InChI is InChI=1S/C26H25NO/c1-18(2)19(3)27(23-16-15-20-9-4-5-11-22(20)17-23)26(28)25-14-8-12-21-10-6-7-13-24(21)25/h4-19H,1-3H3. The number of amides is 1. The lowest BCUT2D eigenvalue weighted by Crippen LogP contribution is -2.41. The summed E-state index contributed by atoms with van der Waals surface area (Å²) in [5, 5.41) is 4.41. The van der Waals surface area contributed by atoms with Crippen molar-refractivity contribution in [3.05, 3.63) is 90.5 Å². The fourth-order valence-electron chi connectivity index (χ4n) is 3.70. The second-order valence-corrected chi connectivity index (χ2v) is 7.72. The first-order valence-corrected chi connectivity index (χ1v) is 9.86. The predicted octanol–water partition coefficient (Wildman–Crippen LogP) is 6.68. The summed E-state index contributed by atoms with van der Waals surface area (Å²) in [6.45, 7) is 6.45. The van der Waals surface area contributed by atoms with Gasteiger partial charge < -0.3 is 4.90 Å². The van der Waals surface area contributed by atoms with Crippen molar-refractivity contribution in [2.75, 3.05) is 4.90 Å². The smallest absolute Gasteiger partial charge is 0.259 e. The molecule has 2 heteroatoms. The Hall–Kier alpha value is -3.13. The molecule has 0 spiro atoms. The Labute approximate surface area is 166 Å². The minimum atomic E-state index is 0.0493. The van der Waals surface area contributed by atoms with E-state index in [2.05, 4.69) is 63.2 Å². The third-order valence-electron chi connectivity index (χ3n) is 5.62. The molecule has 0 bridgehead atoms. The van der Waals surface area contributed by atoms with Crippen molar-refractivity contribution in [2.24, 2.45) is 5.92 Å². The van der Waals surface area contributed by atoms with E-state index >= 15 is 0 Å². The Morgan fingerprint density at radius 3 is 2.11 bits per heavy atom. The van der Waals surface area contributed by atoms with Crippen LogP contribution in [-0.4, -0.2) is 11.9 Å². The number of hydrogen-bond donors (Lipinski definition) is 0. The Morgan fingerprint density at radius 1 is 0.714 bits per heavy atom. The average Bonchev–Trinajstić information content (AvgIpc) is 2.73. The summed E-state index contributed by atoms with van der Waals surface area (Å²) in [7, 11) is 0. The highest BCUT2D eigenvalue weighted by atomic mass is 16.2. The fourth-order valence-corrected chi connectivity index (χ4v) is 3.70. The molecule has 0 fully saturated rings. The number of nitrogens with zero attached hydrogens (tertiary/aromatic N) is 1. The van der Waals surface area contributed by atoms with E-state index in [0.717, 1.165) is 27.4 Å². The van der Waals surface area contributed by atoms with Crippen molar-refractivity contribution in [1.82, 2.24) is 0 Å². The van der Waals surface area contributed by atoms with Crippen LogP contribution in [0.4, 0.5) is 5.69 Å². The maximum Gasteiger partial charge on any atom is 0.259 e. The summed E-state index contributed by atoms with van der Waals surface area (Å²) in [4.78, 5) is 15.7. The molecular formula is C26H25NO. The van der Waals surface area contributed by atoms with Gasteiger partial charge in [0.25, 0.3) is 5.91 Å². The number of hydrogen-bond acceptors (Lipinski definition) is 1. The monoisotopic (exact) mass is 367 g/mol. The first-order valence-electron chi connectivity index (χ1n) is 9.86. The van der Waals surface area contributed by atoms with Crippen LogP contribution in [0.1, 0.15) is 31.1 Å². The van der Waals surface area contributed by atoms with Crippen LogP contribution in [0, 0.1) is 5.92 Å². The largest absolute Gasteiger partial charge is 0.305 e. The van der Waals surface area contributed by atoms with Crippen LogP contribution in [-0.2, 0) is 0 Å². The lowest BCUT2D eigenvalue weighted by atomic mass is 9.99. The van der Waals surface area contributed by atoms with Crippen LogP contribution in [0.15, 0.2) is 84.9 Å². The molecule has 0 saturated carbocycles. The van der Waals surface area contributed by atoms with E-state index in [9.17, 15) is 4.79 Å². The van der Waals surface area contributed by atoms with Crippen molar-refractivity contribution < 1.29 is 4.79 Å². The summed E-state index contributed by atoms with van der Waals surface area (Å²) in [5.74, 6) is 0.388. The first-order chi connectivity index (χ1) is 13.6. The lowest BCUT2D eigenvalue weighted by Gasteiger charge is -2.32. The number of carbonyl (C=O) groups is 1. The minimum absolute atomic E-state index is 0.0493. The molecule has 2 nitrogen and oxygen atoms in total. The zero-order valence-corrected chi connectivity index (χ0v) is 16.6. The van der Waals surface area contributed by atoms with E-state index in [1.807, 2.05) is 47.4 Å². The SMILES string of the molecule is CC(C)C(C)N(C(=O)c1cccc2ccccc12)c1ccc2ccccc2c1. The summed E-state index contributed by atoms with van der Waals surface area (Å²) in [5.41, 5.74) is 1.69. The van der Waals surface area contributed by atoms with Gasteiger partial charge in [-0.3, -0.25) is 4.79 Å². The van der Waals surface area contributed by atoms with Gasteiger partial charge >= 0.3 is 0 Å². The van der Waals surface area contributed by atoms with E-state index in [4.69, 9.17) is 0 Å². The van der Waals surface area contributed by atoms with Crippen LogP contribution < -0.4 is 4.90 Å². The molecule has 0 N–H and O–H groups in total. The lowest BCUT2D eigenvalue weighted by molar-refractivity contribution is 0.0974. The van der Waals surface area contributed by atoms with Crippen LogP contribution in [0.2, 0.25) is 0 Å². The van der Waals surface area contributed by atoms with Crippen molar-refractivity contribution >= 4 is 33.1 Å². The van der Waals surface area contributed by atoms with E-state index < -0.39 is 0 Å². The number of benzene rings is 4. The highest BCUT2D eigenvalue weighted by Crippen LogP contribution is 2.29. The maximum atomic E-state index is 13.8. The van der Waals surface area contributed by atoms with Crippen molar-refractivity contribution in [3.8, 4) is 0 Å². The van der Waals surface area contributed by atoms with E-state index in [-0.39, 0.29) is 11.9 Å². The molecule has 0 aromatic heterocycles. The van der Waals surface area contributed by atoms with Crippen molar-refractivity contribution in [3.63, 3.8) is 0 Å². The van der Waals surface area contributed by atoms with Gasteiger partial charge in [-0.05, 0) is 52.6 Å². The van der Waals surface area contributed by atoms with Crippen LogP contribution >= 0.6 is 0 Å². The maximum absolute atomic E-state index is 13.8. The molecule has 28 heavy (non-hydrogen) atoms. The molecule has 4 aromatic carbocycles. The predicted molar refractivity (Wildman–Crippen MR) is 119 cm³/mol. The molecular weight excluding hydrogens is 342 g/mol. The van der Waals surface area contributed by atoms with E-state index in [0.29, 0.717) is 5.92 Å². The summed E-state index contributed by atoms with van der Waals surface area (Å²) in [6, 6.07) is 28.7. The van der Waals surface area contributed by atoms with Gasteiger partial charge in [0.1, 0.15) is 0 Å². The zero-order chi connectivity index (χ0) is 19.7. The topological polar surface area (TPSA) is 20.3 Å². The number of anilines is 1. The third kappa shape index (κ3) is 3.27. The Morgan fingerprint density at radius 2 is 1.36 bits per heavy atom. The van der Waals surface area contributed by atoms with Crippen LogP contribution in [0.25, 0.3) is 21.5 Å². The molecule has 0 aliphatic heterocycles. The Balaban J connectivity index is 1.86. The molecule has 0 aliphatic rings.